The fourth-order valence-corrected chi connectivity index (χ4v) is 1.68. The number of hydrogen-bond donors (Lipinski definition) is 3. The van der Waals surface area contributed by atoms with Crippen molar-refractivity contribution in [1.29, 1.82) is 0 Å². The van der Waals surface area contributed by atoms with Crippen molar-refractivity contribution in [2.45, 2.75) is 0 Å². The number of anilines is 2. The van der Waals surface area contributed by atoms with E-state index in [-0.39, 0.29) is 13.2 Å². The number of ether oxygens (including phenoxy) is 1. The Kier molecular flexibility index (Phi) is 5.41. The minimum Gasteiger partial charge on any atom is -0.465 e. The van der Waals surface area contributed by atoms with Gasteiger partial charge < -0.3 is 25.6 Å². The topological polar surface area (TPSA) is 96.0 Å². The van der Waals surface area contributed by atoms with E-state index in [0.717, 1.165) is 0 Å². The number of rotatable bonds is 6. The molecular formula is C12H18N2O4. The number of carbonyl (C=O) groups excluding carboxylic acids is 1. The third kappa shape index (κ3) is 3.35. The standard InChI is InChI=1S/C12H18N2O4/c1-18-12(17)9-2-3-11(10(13)8-9)14(4-6-15)5-7-16/h2-3,8,15-16H,4-7,13H2,1H3. The normalized spacial score (nSPS) is 10.2. The van der Waals surface area contributed by atoms with Gasteiger partial charge in [0.15, 0.2) is 0 Å². The van der Waals surface area contributed by atoms with Crippen LogP contribution in [0.5, 0.6) is 0 Å². The van der Waals surface area contributed by atoms with E-state index in [4.69, 9.17) is 15.9 Å². The van der Waals surface area contributed by atoms with Crippen molar-refractivity contribution in [1.82, 2.24) is 0 Å². The van der Waals surface area contributed by atoms with Gasteiger partial charge in [0.1, 0.15) is 0 Å². The Balaban J connectivity index is 2.98. The fourth-order valence-electron chi connectivity index (χ4n) is 1.68. The maximum absolute atomic E-state index is 11.3. The van der Waals surface area contributed by atoms with Crippen LogP contribution in [-0.4, -0.2) is 49.6 Å². The molecule has 0 aromatic heterocycles. The smallest absolute Gasteiger partial charge is 0.337 e. The SMILES string of the molecule is COC(=O)c1ccc(N(CCO)CCO)c(N)c1. The van der Waals surface area contributed by atoms with E-state index in [9.17, 15) is 4.79 Å². The lowest BCUT2D eigenvalue weighted by atomic mass is 10.1. The van der Waals surface area contributed by atoms with Crippen LogP contribution < -0.4 is 10.6 Å². The Hall–Kier alpha value is -1.79. The zero-order valence-corrected chi connectivity index (χ0v) is 10.3. The molecule has 0 fully saturated rings. The van der Waals surface area contributed by atoms with Gasteiger partial charge in [-0.1, -0.05) is 0 Å². The molecule has 0 aliphatic rings. The van der Waals surface area contributed by atoms with Crippen LogP contribution in [0.15, 0.2) is 18.2 Å². The highest BCUT2D eigenvalue weighted by atomic mass is 16.5. The lowest BCUT2D eigenvalue weighted by Gasteiger charge is -2.24. The summed E-state index contributed by atoms with van der Waals surface area (Å²) in [5.41, 5.74) is 7.30. The maximum Gasteiger partial charge on any atom is 0.337 e. The number of aliphatic hydroxyl groups excluding tert-OH is 2. The van der Waals surface area contributed by atoms with Crippen LogP contribution in [0.3, 0.4) is 0 Å². The number of carbonyl (C=O) groups is 1. The van der Waals surface area contributed by atoms with Crippen LogP contribution in [0, 0.1) is 0 Å². The summed E-state index contributed by atoms with van der Waals surface area (Å²) in [6, 6.07) is 4.79. The maximum atomic E-state index is 11.3. The highest BCUT2D eigenvalue weighted by Crippen LogP contribution is 2.24. The third-order valence-corrected chi connectivity index (χ3v) is 2.53. The number of methoxy groups -OCH3 is 1. The molecule has 1 rings (SSSR count). The lowest BCUT2D eigenvalue weighted by molar-refractivity contribution is 0.0601. The highest BCUT2D eigenvalue weighted by molar-refractivity contribution is 5.91. The summed E-state index contributed by atoms with van der Waals surface area (Å²) in [5, 5.41) is 17.9. The lowest BCUT2D eigenvalue weighted by Crippen LogP contribution is -2.30. The molecule has 0 saturated heterocycles. The zero-order chi connectivity index (χ0) is 13.5. The Labute approximate surface area is 106 Å². The van der Waals surface area contributed by atoms with E-state index < -0.39 is 5.97 Å². The molecule has 0 radical (unpaired) electrons. The van der Waals surface area contributed by atoms with Gasteiger partial charge in [0.25, 0.3) is 0 Å². The first-order valence-corrected chi connectivity index (χ1v) is 5.58. The molecule has 1 aromatic carbocycles. The quantitative estimate of drug-likeness (QED) is 0.482. The molecule has 0 bridgehead atoms. The van der Waals surface area contributed by atoms with Gasteiger partial charge in [0.2, 0.25) is 0 Å². The number of esters is 1. The van der Waals surface area contributed by atoms with E-state index in [1.165, 1.54) is 13.2 Å². The van der Waals surface area contributed by atoms with Crippen LogP contribution in [-0.2, 0) is 4.74 Å². The van der Waals surface area contributed by atoms with Gasteiger partial charge in [-0.2, -0.15) is 0 Å². The summed E-state index contributed by atoms with van der Waals surface area (Å²) in [5.74, 6) is -0.455. The molecule has 0 spiro atoms. The van der Waals surface area contributed by atoms with Crippen molar-refractivity contribution in [2.24, 2.45) is 0 Å². The van der Waals surface area contributed by atoms with Crippen molar-refractivity contribution in [3.8, 4) is 0 Å². The number of nitrogen functional groups attached to an aromatic ring is 1. The predicted octanol–water partition coefficient (Wildman–Crippen LogP) is -0.154. The van der Waals surface area contributed by atoms with Crippen molar-refractivity contribution in [3.63, 3.8) is 0 Å². The monoisotopic (exact) mass is 254 g/mol. The molecule has 0 amide bonds. The first-order chi connectivity index (χ1) is 8.63. The van der Waals surface area contributed by atoms with Gasteiger partial charge in [-0.3, -0.25) is 0 Å². The van der Waals surface area contributed by atoms with Gasteiger partial charge in [-0.25, -0.2) is 4.79 Å². The molecule has 0 saturated carbocycles. The minimum absolute atomic E-state index is 0.0435. The highest BCUT2D eigenvalue weighted by Gasteiger charge is 2.12. The first kappa shape index (κ1) is 14.3. The van der Waals surface area contributed by atoms with Crippen molar-refractivity contribution >= 4 is 17.3 Å². The minimum atomic E-state index is -0.455. The van der Waals surface area contributed by atoms with Gasteiger partial charge in [0, 0.05) is 13.1 Å². The number of benzene rings is 1. The Morgan fingerprint density at radius 2 is 1.94 bits per heavy atom. The summed E-state index contributed by atoms with van der Waals surface area (Å²) < 4.78 is 4.60. The van der Waals surface area contributed by atoms with E-state index in [1.54, 1.807) is 17.0 Å². The molecule has 1 aromatic rings. The second-order valence-electron chi connectivity index (χ2n) is 3.70. The van der Waals surface area contributed by atoms with Gasteiger partial charge in [0.05, 0.1) is 37.3 Å². The van der Waals surface area contributed by atoms with E-state index >= 15 is 0 Å². The summed E-state index contributed by atoms with van der Waals surface area (Å²) in [6.07, 6.45) is 0. The number of nitrogens with zero attached hydrogens (tertiary/aromatic N) is 1. The van der Waals surface area contributed by atoms with Gasteiger partial charge in [-0.05, 0) is 18.2 Å². The molecular weight excluding hydrogens is 236 g/mol. The Morgan fingerprint density at radius 3 is 2.39 bits per heavy atom. The number of aliphatic hydroxyl groups is 2. The molecule has 0 atom stereocenters. The molecule has 0 aliphatic carbocycles. The predicted molar refractivity (Wildman–Crippen MR) is 68.6 cm³/mol. The van der Waals surface area contributed by atoms with E-state index in [1.807, 2.05) is 0 Å². The van der Waals surface area contributed by atoms with Gasteiger partial charge >= 0.3 is 5.97 Å². The Morgan fingerprint density at radius 1 is 1.33 bits per heavy atom. The molecule has 6 nitrogen and oxygen atoms in total. The fraction of sp³-hybridized carbons (Fsp3) is 0.417. The van der Waals surface area contributed by atoms with Gasteiger partial charge in [-0.15, -0.1) is 0 Å². The van der Waals surface area contributed by atoms with Crippen LogP contribution in [0.1, 0.15) is 10.4 Å². The molecule has 0 aliphatic heterocycles. The van der Waals surface area contributed by atoms with Crippen LogP contribution in [0.2, 0.25) is 0 Å². The molecule has 6 heteroatoms. The number of hydrogen-bond acceptors (Lipinski definition) is 6. The molecule has 4 N–H and O–H groups in total. The molecule has 100 valence electrons. The largest absolute Gasteiger partial charge is 0.465 e. The second-order valence-corrected chi connectivity index (χ2v) is 3.70. The summed E-state index contributed by atoms with van der Waals surface area (Å²) in [6.45, 7) is 0.640. The molecule has 0 heterocycles. The average molecular weight is 254 g/mol. The Bertz CT molecular complexity index is 403. The molecule has 18 heavy (non-hydrogen) atoms. The molecule has 0 unspecified atom stereocenters. The number of nitrogens with two attached hydrogens (primary N) is 1. The van der Waals surface area contributed by atoms with Crippen LogP contribution >= 0.6 is 0 Å². The average Bonchev–Trinajstić information content (AvgIpc) is 2.37. The van der Waals surface area contributed by atoms with Crippen molar-refractivity contribution in [3.05, 3.63) is 23.8 Å². The summed E-state index contributed by atoms with van der Waals surface area (Å²) >= 11 is 0. The van der Waals surface area contributed by atoms with E-state index in [2.05, 4.69) is 4.74 Å². The zero-order valence-electron chi connectivity index (χ0n) is 10.3. The van der Waals surface area contributed by atoms with E-state index in [0.29, 0.717) is 30.0 Å². The van der Waals surface area contributed by atoms with Crippen molar-refractivity contribution < 1.29 is 19.7 Å². The summed E-state index contributed by atoms with van der Waals surface area (Å²) in [4.78, 5) is 13.1. The second kappa shape index (κ2) is 6.83. The summed E-state index contributed by atoms with van der Waals surface area (Å²) in [7, 11) is 1.30. The third-order valence-electron chi connectivity index (χ3n) is 2.53. The van der Waals surface area contributed by atoms with Crippen LogP contribution in [0.4, 0.5) is 11.4 Å². The van der Waals surface area contributed by atoms with Crippen molar-refractivity contribution in [2.75, 3.05) is 44.0 Å². The van der Waals surface area contributed by atoms with Crippen LogP contribution in [0.25, 0.3) is 0 Å². The first-order valence-electron chi connectivity index (χ1n) is 5.58.